The topological polar surface area (TPSA) is 115 Å². The van der Waals surface area contributed by atoms with Gasteiger partial charge in [0.1, 0.15) is 24.4 Å². The number of nitrogens with one attached hydrogen (secondary N) is 1. The molecule has 1 heterocycles. The highest BCUT2D eigenvalue weighted by molar-refractivity contribution is 5.76. The molecule has 0 aromatic rings. The van der Waals surface area contributed by atoms with E-state index in [4.69, 9.17) is 4.74 Å². The summed E-state index contributed by atoms with van der Waals surface area (Å²) in [5.74, 6) is 0. The van der Waals surface area contributed by atoms with Gasteiger partial charge in [0.2, 0.25) is 0 Å². The lowest BCUT2D eigenvalue weighted by Crippen LogP contribution is -2.64. The predicted molar refractivity (Wildman–Crippen MR) is 81.5 cm³/mol. The van der Waals surface area contributed by atoms with Crippen molar-refractivity contribution in [1.82, 2.24) is 5.32 Å². The highest BCUT2D eigenvalue weighted by atomic mass is 16.5. The first-order chi connectivity index (χ1) is 10.6. The Morgan fingerprint density at radius 3 is 2.27 bits per heavy atom. The second kappa shape index (κ2) is 8.10. The molecule has 0 unspecified atom stereocenters. The third kappa shape index (κ3) is 3.90. The third-order valence-electron chi connectivity index (χ3n) is 4.41. The molecular weight excluding hydrogens is 288 g/mol. The number of fused-ring (bicyclic) bond motifs is 1. The smallest absolute Gasteiger partial charge is 0.285 e. The van der Waals surface area contributed by atoms with Crippen molar-refractivity contribution in [2.45, 2.75) is 82.0 Å². The van der Waals surface area contributed by atoms with Gasteiger partial charge in [0.15, 0.2) is 6.10 Å². The summed E-state index contributed by atoms with van der Waals surface area (Å²) in [5, 5.41) is 42.0. The molecule has 6 atom stereocenters. The Hall–Kier alpha value is -0.890. The van der Waals surface area contributed by atoms with Gasteiger partial charge in [-0.3, -0.25) is 0 Å². The van der Waals surface area contributed by atoms with Crippen molar-refractivity contribution < 1.29 is 25.2 Å². The first-order valence-electron chi connectivity index (χ1n) is 8.26. The van der Waals surface area contributed by atoms with Crippen LogP contribution in [0.1, 0.15) is 45.4 Å². The molecule has 1 aliphatic carbocycles. The number of amidine groups is 1. The largest absolute Gasteiger partial charge is 0.457 e. The maximum absolute atomic E-state index is 9.93. The Kier molecular flexibility index (Phi) is 6.43. The standard InChI is InChI=1S/C15H28N2O5/c1-2-3-4-5-6-7-8-16-15-17-9-10(18)11(19)12(20)13(21)14(9)22-15/h9-14,18-21H,2-8H2,1H3,(H,16,17)/t9-,10-,11+,12-,13+,14+/m0/s1. The molecule has 5 N–H and O–H groups in total. The number of aliphatic hydroxyl groups is 4. The van der Waals surface area contributed by atoms with Crippen molar-refractivity contribution in [2.24, 2.45) is 4.99 Å². The van der Waals surface area contributed by atoms with Gasteiger partial charge in [-0.2, -0.15) is 0 Å². The molecule has 2 aliphatic rings. The molecule has 0 bridgehead atoms. The number of aliphatic hydroxyl groups excluding tert-OH is 4. The number of unbranched alkanes of at least 4 members (excludes halogenated alkanes) is 5. The van der Waals surface area contributed by atoms with E-state index in [1.807, 2.05) is 0 Å². The number of hydrogen-bond acceptors (Lipinski definition) is 6. The van der Waals surface area contributed by atoms with Crippen LogP contribution in [0.4, 0.5) is 0 Å². The predicted octanol–water partition coefficient (Wildman–Crippen LogP) is -0.483. The molecule has 128 valence electrons. The van der Waals surface area contributed by atoms with Crippen molar-refractivity contribution in [3.63, 3.8) is 0 Å². The molecule has 0 aromatic carbocycles. The molecule has 1 saturated heterocycles. The van der Waals surface area contributed by atoms with E-state index in [0.717, 1.165) is 12.8 Å². The van der Waals surface area contributed by atoms with Crippen LogP contribution in [0.3, 0.4) is 0 Å². The summed E-state index contributed by atoms with van der Waals surface area (Å²) in [6, 6.07) is -0.389. The minimum Gasteiger partial charge on any atom is -0.457 e. The zero-order valence-corrected chi connectivity index (χ0v) is 13.1. The van der Waals surface area contributed by atoms with Gasteiger partial charge in [0, 0.05) is 6.54 Å². The van der Waals surface area contributed by atoms with Gasteiger partial charge < -0.3 is 30.5 Å². The van der Waals surface area contributed by atoms with Crippen LogP contribution in [-0.4, -0.2) is 69.6 Å². The van der Waals surface area contributed by atoms with Crippen LogP contribution in [0, 0.1) is 0 Å². The van der Waals surface area contributed by atoms with Crippen LogP contribution in [0.15, 0.2) is 4.99 Å². The van der Waals surface area contributed by atoms with Crippen LogP contribution in [0.2, 0.25) is 0 Å². The van der Waals surface area contributed by atoms with E-state index >= 15 is 0 Å². The average Bonchev–Trinajstić information content (AvgIpc) is 2.94. The summed E-state index contributed by atoms with van der Waals surface area (Å²) < 4.78 is 5.47. The summed E-state index contributed by atoms with van der Waals surface area (Å²) in [4.78, 5) is 4.28. The number of nitrogens with zero attached hydrogens (tertiary/aromatic N) is 1. The third-order valence-corrected chi connectivity index (χ3v) is 4.41. The first kappa shape index (κ1) is 17.5. The Balaban J connectivity index is 1.77. The molecule has 1 aliphatic heterocycles. The maximum Gasteiger partial charge on any atom is 0.285 e. The minimum absolute atomic E-state index is 0.267. The molecule has 7 heteroatoms. The second-order valence-electron chi connectivity index (χ2n) is 6.17. The van der Waals surface area contributed by atoms with Crippen molar-refractivity contribution >= 4 is 6.02 Å². The fourth-order valence-corrected chi connectivity index (χ4v) is 2.99. The normalized spacial score (nSPS) is 39.4. The number of rotatable bonds is 7. The summed E-state index contributed by atoms with van der Waals surface area (Å²) in [5.41, 5.74) is 0. The Morgan fingerprint density at radius 2 is 1.55 bits per heavy atom. The highest BCUT2D eigenvalue weighted by Crippen LogP contribution is 2.27. The molecule has 22 heavy (non-hydrogen) atoms. The fraction of sp³-hybridized carbons (Fsp3) is 0.933. The van der Waals surface area contributed by atoms with Crippen molar-refractivity contribution in [1.29, 1.82) is 0 Å². The summed E-state index contributed by atoms with van der Waals surface area (Å²) in [6.07, 6.45) is 0.958. The molecular formula is C15H28N2O5. The molecule has 2 rings (SSSR count). The van der Waals surface area contributed by atoms with Crippen LogP contribution in [0.25, 0.3) is 0 Å². The van der Waals surface area contributed by atoms with E-state index in [1.54, 1.807) is 0 Å². The van der Waals surface area contributed by atoms with E-state index in [0.29, 0.717) is 6.54 Å². The van der Waals surface area contributed by atoms with Crippen LogP contribution >= 0.6 is 0 Å². The van der Waals surface area contributed by atoms with E-state index in [2.05, 4.69) is 17.2 Å². The van der Waals surface area contributed by atoms with E-state index in [-0.39, 0.29) is 6.02 Å². The van der Waals surface area contributed by atoms with Crippen molar-refractivity contribution in [2.75, 3.05) is 6.54 Å². The number of hydrogen-bond donors (Lipinski definition) is 5. The molecule has 2 fully saturated rings. The quantitative estimate of drug-likeness (QED) is 0.405. The number of aliphatic imine (C=N–C) groups is 1. The zero-order valence-electron chi connectivity index (χ0n) is 13.1. The van der Waals surface area contributed by atoms with Gasteiger partial charge in [-0.05, 0) is 6.42 Å². The van der Waals surface area contributed by atoms with Crippen molar-refractivity contribution in [3.05, 3.63) is 0 Å². The van der Waals surface area contributed by atoms with Gasteiger partial charge in [0.05, 0.1) is 6.04 Å². The van der Waals surface area contributed by atoms with E-state index < -0.39 is 36.6 Å². The SMILES string of the molecule is CCCCCCCCN=C1N[C@H]2[C@H](O)[C@@H](O)[C@H](O)[C@@H](O)[C@@H]2O1. The zero-order chi connectivity index (χ0) is 16.1. The molecule has 7 nitrogen and oxygen atoms in total. The summed E-state index contributed by atoms with van der Waals surface area (Å²) in [7, 11) is 0. The lowest BCUT2D eigenvalue weighted by atomic mass is 9.84. The van der Waals surface area contributed by atoms with Crippen LogP contribution in [0.5, 0.6) is 0 Å². The Labute approximate surface area is 131 Å². The highest BCUT2D eigenvalue weighted by Gasteiger charge is 2.53. The van der Waals surface area contributed by atoms with E-state index in [1.165, 1.54) is 25.7 Å². The van der Waals surface area contributed by atoms with Gasteiger partial charge in [-0.25, -0.2) is 4.99 Å². The lowest BCUT2D eigenvalue weighted by molar-refractivity contribution is -0.174. The fourth-order valence-electron chi connectivity index (χ4n) is 2.99. The van der Waals surface area contributed by atoms with Crippen molar-refractivity contribution in [3.8, 4) is 0 Å². The monoisotopic (exact) mass is 316 g/mol. The van der Waals surface area contributed by atoms with Gasteiger partial charge >= 0.3 is 0 Å². The molecule has 0 spiro atoms. The second-order valence-corrected chi connectivity index (χ2v) is 6.17. The summed E-state index contributed by atoms with van der Waals surface area (Å²) in [6.45, 7) is 2.80. The first-order valence-corrected chi connectivity index (χ1v) is 8.26. The van der Waals surface area contributed by atoms with Crippen LogP contribution in [-0.2, 0) is 4.74 Å². The summed E-state index contributed by atoms with van der Waals surface area (Å²) >= 11 is 0. The average molecular weight is 316 g/mol. The Bertz CT molecular complexity index is 355. The molecule has 1 saturated carbocycles. The minimum atomic E-state index is -1.42. The molecule has 0 radical (unpaired) electrons. The van der Waals surface area contributed by atoms with Crippen LogP contribution < -0.4 is 5.32 Å². The maximum atomic E-state index is 9.93. The molecule has 0 aromatic heterocycles. The molecule has 0 amide bonds. The lowest BCUT2D eigenvalue weighted by Gasteiger charge is -2.38. The van der Waals surface area contributed by atoms with Gasteiger partial charge in [-0.1, -0.05) is 39.0 Å². The Morgan fingerprint density at radius 1 is 0.909 bits per heavy atom. The van der Waals surface area contributed by atoms with Gasteiger partial charge in [0.25, 0.3) is 6.02 Å². The van der Waals surface area contributed by atoms with E-state index in [9.17, 15) is 20.4 Å². The number of ether oxygens (including phenoxy) is 1. The van der Waals surface area contributed by atoms with Gasteiger partial charge in [-0.15, -0.1) is 0 Å².